The number of amides is 1. The number of hydrogen-bond acceptors (Lipinski definition) is 8. The number of allylic oxidation sites excluding steroid dienone is 4. The lowest BCUT2D eigenvalue weighted by atomic mass is 10.0. The molecule has 3 unspecified atom stereocenters. The molecule has 3 atom stereocenters. The third-order valence-corrected chi connectivity index (χ3v) is 13.7. The molecule has 400 valence electrons. The maximum absolute atomic E-state index is 12.4. The van der Waals surface area contributed by atoms with E-state index >= 15 is 0 Å². The number of carbonyl (C=O) groups excluding carboxylic acids is 2. The van der Waals surface area contributed by atoms with Crippen molar-refractivity contribution in [3.63, 3.8) is 0 Å². The summed E-state index contributed by atoms with van der Waals surface area (Å²) in [4.78, 5) is 46.2. The van der Waals surface area contributed by atoms with Crippen LogP contribution in [0.4, 0.5) is 0 Å². The molecule has 11 nitrogen and oxygen atoms in total. The lowest BCUT2D eigenvalue weighted by molar-refractivity contribution is -0.147. The summed E-state index contributed by atoms with van der Waals surface area (Å²) in [5, 5.41) is 22.0. The van der Waals surface area contributed by atoms with E-state index in [1.165, 1.54) is 199 Å². The van der Waals surface area contributed by atoms with Gasteiger partial charge >= 0.3 is 19.8 Å². The normalized spacial score (nSPS) is 13.6. The van der Waals surface area contributed by atoms with E-state index in [0.717, 1.165) is 44.9 Å². The van der Waals surface area contributed by atoms with E-state index < -0.39 is 57.6 Å². The number of hydrogen-bond donors (Lipinski definition) is 4. The number of carbonyl (C=O) groups is 3. The number of phosphoric acid groups is 1. The summed E-state index contributed by atoms with van der Waals surface area (Å²) in [7, 11) is -4.76. The van der Waals surface area contributed by atoms with Gasteiger partial charge in [-0.05, 0) is 44.9 Å². The number of rotatable bonds is 54. The minimum absolute atomic E-state index is 0.151. The summed E-state index contributed by atoms with van der Waals surface area (Å²) < 4.78 is 27.0. The zero-order chi connectivity index (χ0) is 49.9. The first-order valence-corrected chi connectivity index (χ1v) is 29.9. The first-order chi connectivity index (χ1) is 33.1. The summed E-state index contributed by atoms with van der Waals surface area (Å²) >= 11 is 0. The van der Waals surface area contributed by atoms with Crippen LogP contribution in [0.3, 0.4) is 0 Å². The smallest absolute Gasteiger partial charge is 0.472 e. The third-order valence-electron chi connectivity index (χ3n) is 12.7. The Morgan fingerprint density at radius 1 is 0.471 bits per heavy atom. The molecule has 0 rings (SSSR count). The van der Waals surface area contributed by atoms with E-state index in [-0.39, 0.29) is 12.8 Å². The fourth-order valence-electron chi connectivity index (χ4n) is 8.35. The number of carboxylic acids is 1. The molecule has 0 aliphatic rings. The standard InChI is InChI=1S/C56H106NO10P/c1-3-5-7-9-11-13-15-17-19-21-23-25-26-28-30-32-34-36-38-40-42-44-46-48-55(60)65-49-52(58)50-66-68(63,64)67-51-53(56(61)62)57-54(59)47-45-43-41-39-37-35-33-31-29-27-24-22-20-18-16-14-12-10-8-6-4-2/h11,13,17,19,52-53,58H,3-10,12,14-16,18,20-51H2,1-2H3,(H,57,59)(H,61,62)(H,63,64)/b13-11-,19-17-. The van der Waals surface area contributed by atoms with Gasteiger partial charge in [0.2, 0.25) is 5.91 Å². The monoisotopic (exact) mass is 984 g/mol. The van der Waals surface area contributed by atoms with Crippen molar-refractivity contribution in [1.29, 1.82) is 0 Å². The van der Waals surface area contributed by atoms with Crippen molar-refractivity contribution < 1.29 is 47.8 Å². The summed E-state index contributed by atoms with van der Waals surface area (Å²) in [6.45, 7) is 2.63. The Balaban J connectivity index is 3.75. The first kappa shape index (κ1) is 66.0. The van der Waals surface area contributed by atoms with Gasteiger partial charge in [0, 0.05) is 12.8 Å². The molecule has 0 spiro atoms. The molecule has 0 aromatic heterocycles. The number of aliphatic carboxylic acids is 1. The fraction of sp³-hybridized carbons (Fsp3) is 0.875. The van der Waals surface area contributed by atoms with Crippen LogP contribution in [0.1, 0.15) is 284 Å². The van der Waals surface area contributed by atoms with Crippen LogP contribution in [0.5, 0.6) is 0 Å². The molecule has 0 aliphatic heterocycles. The maximum atomic E-state index is 12.4. The van der Waals surface area contributed by atoms with E-state index in [1.54, 1.807) is 0 Å². The molecular weight excluding hydrogens is 878 g/mol. The third kappa shape index (κ3) is 50.4. The molecule has 68 heavy (non-hydrogen) atoms. The number of carboxylic acid groups (broad SMARTS) is 1. The van der Waals surface area contributed by atoms with Crippen molar-refractivity contribution in [1.82, 2.24) is 5.32 Å². The molecule has 4 N–H and O–H groups in total. The SMILES string of the molecule is CCCCC/C=C\C/C=C\CCCCCCCCCCCCCCCC(=O)OCC(O)COP(=O)(O)OCC(NC(=O)CCCCCCCCCCCCCCCCCCCCCCC)C(=O)O. The minimum Gasteiger partial charge on any atom is -0.480 e. The second-order valence-electron chi connectivity index (χ2n) is 19.5. The van der Waals surface area contributed by atoms with E-state index in [2.05, 4.69) is 43.5 Å². The molecule has 0 aromatic rings. The van der Waals surface area contributed by atoms with Crippen LogP contribution in [0.2, 0.25) is 0 Å². The highest BCUT2D eigenvalue weighted by molar-refractivity contribution is 7.47. The van der Waals surface area contributed by atoms with E-state index in [9.17, 15) is 34.1 Å². The van der Waals surface area contributed by atoms with Gasteiger partial charge in [-0.25, -0.2) is 9.36 Å². The fourth-order valence-corrected chi connectivity index (χ4v) is 9.12. The Labute approximate surface area is 417 Å². The largest absolute Gasteiger partial charge is 0.480 e. The molecule has 0 aliphatic carbocycles. The number of unbranched alkanes of at least 4 members (excludes halogenated alkanes) is 36. The highest BCUT2D eigenvalue weighted by Crippen LogP contribution is 2.43. The summed E-state index contributed by atoms with van der Waals surface area (Å²) in [5.74, 6) is -2.35. The van der Waals surface area contributed by atoms with Gasteiger partial charge in [0.15, 0.2) is 6.04 Å². The lowest BCUT2D eigenvalue weighted by Crippen LogP contribution is -2.43. The quantitative estimate of drug-likeness (QED) is 0.0199. The van der Waals surface area contributed by atoms with Crippen molar-refractivity contribution in [2.75, 3.05) is 19.8 Å². The summed E-state index contributed by atoms with van der Waals surface area (Å²) in [6.07, 6.45) is 57.7. The Morgan fingerprint density at radius 2 is 0.809 bits per heavy atom. The second-order valence-corrected chi connectivity index (χ2v) is 20.9. The van der Waals surface area contributed by atoms with Crippen molar-refractivity contribution in [3.8, 4) is 0 Å². The molecule has 0 fully saturated rings. The van der Waals surface area contributed by atoms with Gasteiger partial charge in [-0.1, -0.05) is 250 Å². The van der Waals surface area contributed by atoms with E-state index in [4.69, 9.17) is 13.8 Å². The number of phosphoric ester groups is 1. The number of nitrogens with one attached hydrogen (secondary N) is 1. The molecular formula is C56H106NO10P. The van der Waals surface area contributed by atoms with Crippen LogP contribution >= 0.6 is 7.82 Å². The number of ether oxygens (including phenoxy) is 1. The zero-order valence-electron chi connectivity index (χ0n) is 43.9. The van der Waals surface area contributed by atoms with Gasteiger partial charge in [0.05, 0.1) is 13.2 Å². The molecule has 1 amide bonds. The molecule has 12 heteroatoms. The molecule has 0 radical (unpaired) electrons. The zero-order valence-corrected chi connectivity index (χ0v) is 44.8. The first-order valence-electron chi connectivity index (χ1n) is 28.4. The van der Waals surface area contributed by atoms with Crippen molar-refractivity contribution in [2.45, 2.75) is 296 Å². The average molecular weight is 984 g/mol. The molecule has 0 saturated heterocycles. The molecule has 0 aromatic carbocycles. The number of aliphatic hydroxyl groups excluding tert-OH is 1. The van der Waals surface area contributed by atoms with Crippen molar-refractivity contribution >= 4 is 25.7 Å². The lowest BCUT2D eigenvalue weighted by Gasteiger charge is -2.18. The molecule has 0 heterocycles. The highest BCUT2D eigenvalue weighted by Gasteiger charge is 2.28. The Morgan fingerprint density at radius 3 is 1.22 bits per heavy atom. The van der Waals surface area contributed by atoms with E-state index in [0.29, 0.717) is 12.8 Å². The average Bonchev–Trinajstić information content (AvgIpc) is 3.32. The maximum Gasteiger partial charge on any atom is 0.472 e. The topological polar surface area (TPSA) is 169 Å². The number of esters is 1. The summed E-state index contributed by atoms with van der Waals surface area (Å²) in [6, 6.07) is -1.54. The van der Waals surface area contributed by atoms with Crippen molar-refractivity contribution in [2.24, 2.45) is 0 Å². The van der Waals surface area contributed by atoms with Gasteiger partial charge in [-0.2, -0.15) is 0 Å². The second kappa shape index (κ2) is 51.3. The van der Waals surface area contributed by atoms with Gasteiger partial charge in [-0.3, -0.25) is 18.6 Å². The predicted octanol–water partition coefficient (Wildman–Crippen LogP) is 16.1. The van der Waals surface area contributed by atoms with Crippen LogP contribution in [0.15, 0.2) is 24.3 Å². The Bertz CT molecular complexity index is 1250. The van der Waals surface area contributed by atoms with Crippen LogP contribution in [0.25, 0.3) is 0 Å². The van der Waals surface area contributed by atoms with Gasteiger partial charge < -0.3 is 25.2 Å². The Kier molecular flexibility index (Phi) is 49.8. The van der Waals surface area contributed by atoms with Crippen LogP contribution in [0, 0.1) is 0 Å². The number of aliphatic hydroxyl groups is 1. The van der Waals surface area contributed by atoms with E-state index in [1.807, 2.05) is 0 Å². The Hall–Kier alpha value is -2.04. The van der Waals surface area contributed by atoms with Crippen LogP contribution in [-0.4, -0.2) is 64.9 Å². The van der Waals surface area contributed by atoms with Crippen molar-refractivity contribution in [3.05, 3.63) is 24.3 Å². The minimum atomic E-state index is -4.76. The van der Waals surface area contributed by atoms with Gasteiger partial charge in [0.1, 0.15) is 12.7 Å². The highest BCUT2D eigenvalue weighted by atomic mass is 31.2. The van der Waals surface area contributed by atoms with Crippen LogP contribution in [-0.2, 0) is 32.7 Å². The molecule has 0 bridgehead atoms. The van der Waals surface area contributed by atoms with Gasteiger partial charge in [-0.15, -0.1) is 0 Å². The summed E-state index contributed by atoms with van der Waals surface area (Å²) in [5.41, 5.74) is 0. The van der Waals surface area contributed by atoms with Crippen LogP contribution < -0.4 is 5.32 Å². The molecule has 0 saturated carbocycles. The van der Waals surface area contributed by atoms with Gasteiger partial charge in [0.25, 0.3) is 0 Å². The predicted molar refractivity (Wildman–Crippen MR) is 282 cm³/mol.